The van der Waals surface area contributed by atoms with E-state index in [2.05, 4.69) is 10.6 Å². The molecular formula is C22H24FN3O5S. The molecule has 32 heavy (non-hydrogen) atoms. The number of aryl methyl sites for hydroxylation is 2. The van der Waals surface area contributed by atoms with Gasteiger partial charge in [0.25, 0.3) is 5.91 Å². The molecular weight excluding hydrogens is 437 g/mol. The molecule has 2 N–H and O–H groups in total. The Morgan fingerprint density at radius 2 is 1.97 bits per heavy atom. The van der Waals surface area contributed by atoms with Crippen molar-refractivity contribution in [1.82, 2.24) is 4.31 Å². The second-order valence-electron chi connectivity index (χ2n) is 8.09. The third-order valence-electron chi connectivity index (χ3n) is 5.74. The number of carbonyl (C=O) groups is 2. The van der Waals surface area contributed by atoms with Gasteiger partial charge in [-0.3, -0.25) is 9.59 Å². The van der Waals surface area contributed by atoms with Crippen molar-refractivity contribution in [2.75, 3.05) is 17.2 Å². The van der Waals surface area contributed by atoms with E-state index in [0.717, 1.165) is 0 Å². The number of carbonyl (C=O) groups excluding carboxylic acids is 2. The fraction of sp³-hybridized carbons (Fsp3) is 0.364. The number of rotatable bonds is 4. The van der Waals surface area contributed by atoms with E-state index in [0.29, 0.717) is 29.7 Å². The minimum Gasteiger partial charge on any atom is -0.479 e. The first kappa shape index (κ1) is 22.2. The summed E-state index contributed by atoms with van der Waals surface area (Å²) in [5.74, 6) is -1.01. The van der Waals surface area contributed by atoms with E-state index in [1.54, 1.807) is 39.0 Å². The number of halogens is 1. The molecule has 4 rings (SSSR count). The Morgan fingerprint density at radius 1 is 1.22 bits per heavy atom. The highest BCUT2D eigenvalue weighted by molar-refractivity contribution is 7.89. The van der Waals surface area contributed by atoms with Gasteiger partial charge in [0.05, 0.1) is 10.6 Å². The van der Waals surface area contributed by atoms with Gasteiger partial charge in [-0.1, -0.05) is 6.07 Å². The number of hydrogen-bond donors (Lipinski definition) is 2. The maximum Gasteiger partial charge on any atom is 0.265 e. The summed E-state index contributed by atoms with van der Waals surface area (Å²) in [5.41, 5.74) is 1.55. The monoisotopic (exact) mass is 461 g/mol. The van der Waals surface area contributed by atoms with E-state index in [1.807, 2.05) is 0 Å². The summed E-state index contributed by atoms with van der Waals surface area (Å²) in [6.07, 6.45) is 0.126. The number of nitrogens with zero attached hydrogens (tertiary/aromatic N) is 1. The third kappa shape index (κ3) is 3.95. The Bertz CT molecular complexity index is 1210. The van der Waals surface area contributed by atoms with E-state index < -0.39 is 33.9 Å². The topological polar surface area (TPSA) is 105 Å². The number of fused-ring (bicyclic) bond motifs is 1. The predicted octanol–water partition coefficient (Wildman–Crippen LogP) is 2.95. The molecule has 2 aliphatic heterocycles. The number of anilines is 2. The van der Waals surface area contributed by atoms with E-state index in [-0.39, 0.29) is 28.8 Å². The van der Waals surface area contributed by atoms with Crippen LogP contribution in [0.5, 0.6) is 5.75 Å². The molecule has 1 saturated heterocycles. The molecule has 2 aromatic rings. The van der Waals surface area contributed by atoms with Gasteiger partial charge in [-0.2, -0.15) is 4.31 Å². The van der Waals surface area contributed by atoms with Crippen molar-refractivity contribution < 1.29 is 27.1 Å². The maximum absolute atomic E-state index is 13.8. The first-order valence-corrected chi connectivity index (χ1v) is 11.7. The normalized spacial score (nSPS) is 20.9. The van der Waals surface area contributed by atoms with Crippen molar-refractivity contribution in [2.24, 2.45) is 0 Å². The molecule has 1 fully saturated rings. The van der Waals surface area contributed by atoms with Gasteiger partial charge < -0.3 is 15.4 Å². The highest BCUT2D eigenvalue weighted by Gasteiger charge is 2.41. The van der Waals surface area contributed by atoms with Gasteiger partial charge in [0, 0.05) is 18.3 Å². The first-order chi connectivity index (χ1) is 15.1. The zero-order valence-corrected chi connectivity index (χ0v) is 18.8. The number of amides is 2. The van der Waals surface area contributed by atoms with Gasteiger partial charge in [0.2, 0.25) is 15.9 Å². The van der Waals surface area contributed by atoms with Crippen LogP contribution in [-0.2, 0) is 19.6 Å². The minimum absolute atomic E-state index is 0.0145. The molecule has 2 heterocycles. The van der Waals surface area contributed by atoms with Crippen molar-refractivity contribution in [3.8, 4) is 5.75 Å². The largest absolute Gasteiger partial charge is 0.479 e. The molecule has 8 nitrogen and oxygen atoms in total. The molecule has 2 aromatic carbocycles. The van der Waals surface area contributed by atoms with Crippen LogP contribution in [0.3, 0.4) is 0 Å². The van der Waals surface area contributed by atoms with Crippen LogP contribution in [-0.4, -0.2) is 43.2 Å². The summed E-state index contributed by atoms with van der Waals surface area (Å²) in [6, 6.07) is 6.35. The van der Waals surface area contributed by atoms with Crippen LogP contribution in [0.1, 0.15) is 30.9 Å². The molecule has 2 amide bonds. The second-order valence-corrected chi connectivity index (χ2v) is 9.95. The third-order valence-corrected chi connectivity index (χ3v) is 7.79. The fourth-order valence-electron chi connectivity index (χ4n) is 3.93. The number of benzene rings is 2. The summed E-state index contributed by atoms with van der Waals surface area (Å²) in [7, 11) is -4.03. The molecule has 170 valence electrons. The van der Waals surface area contributed by atoms with E-state index in [4.69, 9.17) is 4.74 Å². The van der Waals surface area contributed by atoms with Crippen LogP contribution in [0.15, 0.2) is 35.2 Å². The Kier molecular flexibility index (Phi) is 5.68. The molecule has 0 unspecified atom stereocenters. The highest BCUT2D eigenvalue weighted by atomic mass is 32.2. The Morgan fingerprint density at radius 3 is 2.69 bits per heavy atom. The van der Waals surface area contributed by atoms with Crippen LogP contribution < -0.4 is 15.4 Å². The van der Waals surface area contributed by atoms with Crippen molar-refractivity contribution in [2.45, 2.75) is 50.7 Å². The lowest BCUT2D eigenvalue weighted by atomic mass is 10.1. The molecule has 0 aliphatic carbocycles. The Balaban J connectivity index is 1.62. The Hall–Kier alpha value is -2.98. The lowest BCUT2D eigenvalue weighted by Gasteiger charge is -2.27. The van der Waals surface area contributed by atoms with Crippen molar-refractivity contribution >= 4 is 33.2 Å². The van der Waals surface area contributed by atoms with Gasteiger partial charge in [-0.25, -0.2) is 12.8 Å². The van der Waals surface area contributed by atoms with Gasteiger partial charge in [-0.05, 0) is 62.9 Å². The molecule has 0 saturated carbocycles. The van der Waals surface area contributed by atoms with Gasteiger partial charge in [0.15, 0.2) is 6.10 Å². The second kappa shape index (κ2) is 8.18. The average Bonchev–Trinajstić information content (AvgIpc) is 3.22. The molecule has 10 heteroatoms. The summed E-state index contributed by atoms with van der Waals surface area (Å²) in [5, 5.41) is 5.32. The summed E-state index contributed by atoms with van der Waals surface area (Å²) in [4.78, 5) is 24.7. The summed E-state index contributed by atoms with van der Waals surface area (Å²) in [6.45, 7) is 4.99. The van der Waals surface area contributed by atoms with Gasteiger partial charge in [-0.15, -0.1) is 0 Å². The molecule has 0 aromatic heterocycles. The van der Waals surface area contributed by atoms with Crippen LogP contribution in [0, 0.1) is 19.7 Å². The van der Waals surface area contributed by atoms with Crippen molar-refractivity contribution in [3.63, 3.8) is 0 Å². The zero-order valence-electron chi connectivity index (χ0n) is 17.9. The van der Waals surface area contributed by atoms with Crippen LogP contribution in [0.2, 0.25) is 0 Å². The van der Waals surface area contributed by atoms with E-state index in [9.17, 15) is 22.4 Å². The quantitative estimate of drug-likeness (QED) is 0.729. The average molecular weight is 462 g/mol. The van der Waals surface area contributed by atoms with E-state index in [1.165, 1.54) is 16.4 Å². The van der Waals surface area contributed by atoms with E-state index >= 15 is 0 Å². The molecule has 2 atom stereocenters. The first-order valence-electron chi connectivity index (χ1n) is 10.3. The predicted molar refractivity (Wildman–Crippen MR) is 117 cm³/mol. The number of hydrogen-bond acceptors (Lipinski definition) is 5. The molecule has 0 bridgehead atoms. The van der Waals surface area contributed by atoms with Crippen LogP contribution in [0.4, 0.5) is 15.8 Å². The highest BCUT2D eigenvalue weighted by Crippen LogP contribution is 2.37. The van der Waals surface area contributed by atoms with Crippen molar-refractivity contribution in [1.29, 1.82) is 0 Å². The molecule has 2 aliphatic rings. The van der Waals surface area contributed by atoms with Gasteiger partial charge in [0.1, 0.15) is 17.6 Å². The Labute approximate surface area is 185 Å². The minimum atomic E-state index is -4.03. The zero-order chi connectivity index (χ0) is 23.2. The van der Waals surface area contributed by atoms with Crippen molar-refractivity contribution in [3.05, 3.63) is 47.3 Å². The SMILES string of the molecule is Cc1ccc(NC(=O)[C@@H]2CCCN2S(=O)(=O)c2cc3c(cc2C)NC(=O)[C@H](C)O3)cc1F. The fourth-order valence-corrected chi connectivity index (χ4v) is 5.81. The number of sulfonamides is 1. The number of nitrogens with one attached hydrogen (secondary N) is 2. The summed E-state index contributed by atoms with van der Waals surface area (Å²) >= 11 is 0. The smallest absolute Gasteiger partial charge is 0.265 e. The van der Waals surface area contributed by atoms with Crippen LogP contribution in [0.25, 0.3) is 0 Å². The summed E-state index contributed by atoms with van der Waals surface area (Å²) < 4.78 is 47.6. The maximum atomic E-state index is 13.8. The van der Waals surface area contributed by atoms with Crippen LogP contribution >= 0.6 is 0 Å². The standard InChI is InChI=1S/C22H24FN3O5S/c1-12-6-7-15(10-16(12)23)24-22(28)18-5-4-8-26(18)32(29,30)20-11-19-17(9-13(20)2)25-21(27)14(3)31-19/h6-7,9-11,14,18H,4-5,8H2,1-3H3,(H,24,28)(H,25,27)/t14-,18-/m0/s1. The molecule has 0 spiro atoms. The number of ether oxygens (including phenoxy) is 1. The lowest BCUT2D eigenvalue weighted by molar-refractivity contribution is -0.122. The van der Waals surface area contributed by atoms with Gasteiger partial charge >= 0.3 is 0 Å². The molecule has 0 radical (unpaired) electrons. The lowest BCUT2D eigenvalue weighted by Crippen LogP contribution is -2.43.